The van der Waals surface area contributed by atoms with Crippen LogP contribution in [0.25, 0.3) is 0 Å². The second kappa shape index (κ2) is 16.8. The number of rotatable bonds is 19. The van der Waals surface area contributed by atoms with Gasteiger partial charge in [0.25, 0.3) is 0 Å². The van der Waals surface area contributed by atoms with Gasteiger partial charge in [-0.1, -0.05) is 129 Å². The van der Waals surface area contributed by atoms with E-state index in [1.807, 2.05) is 0 Å². The Morgan fingerprint density at radius 1 is 0.500 bits per heavy atom. The summed E-state index contributed by atoms with van der Waals surface area (Å²) in [7, 11) is -1.82. The molecule has 2 heteroatoms. The van der Waals surface area contributed by atoms with Gasteiger partial charge in [0.05, 0.1) is 7.14 Å². The Morgan fingerprint density at radius 3 is 1.13 bits per heavy atom. The highest BCUT2D eigenvalue weighted by atomic mass is 31.2. The summed E-state index contributed by atoms with van der Waals surface area (Å²) in [6, 6.07) is 0. The molecule has 0 radical (unpaired) electrons. The standard InChI is InChI=1S/C28H55OP/c1-2-3-4-5-6-7-8-9-10-11-12-13-14-15-16-17-18-19-26-30(29)27-22-20-23-28(30)25-21-24-27/h27-28H,2-26H2,1H3. The van der Waals surface area contributed by atoms with Crippen LogP contribution in [-0.4, -0.2) is 17.5 Å². The van der Waals surface area contributed by atoms with E-state index >= 15 is 0 Å². The third-order valence-corrected chi connectivity index (χ3v) is 12.8. The lowest BCUT2D eigenvalue weighted by Gasteiger charge is -2.43. The third kappa shape index (κ3) is 10.2. The number of hydrogen-bond donors (Lipinski definition) is 0. The molecule has 0 aromatic heterocycles. The molecule has 0 unspecified atom stereocenters. The van der Waals surface area contributed by atoms with Crippen molar-refractivity contribution in [3.63, 3.8) is 0 Å². The molecule has 2 aliphatic heterocycles. The van der Waals surface area contributed by atoms with E-state index in [-0.39, 0.29) is 0 Å². The molecule has 0 aliphatic carbocycles. The van der Waals surface area contributed by atoms with E-state index in [0.717, 1.165) is 6.16 Å². The smallest absolute Gasteiger partial charge is 0.0935 e. The molecule has 2 heterocycles. The van der Waals surface area contributed by atoms with Gasteiger partial charge in [0, 0.05) is 17.5 Å². The van der Waals surface area contributed by atoms with E-state index in [1.165, 1.54) is 154 Å². The van der Waals surface area contributed by atoms with E-state index in [0.29, 0.717) is 11.3 Å². The first-order chi connectivity index (χ1) is 14.8. The lowest BCUT2D eigenvalue weighted by molar-refractivity contribution is 0.427. The second-order valence-corrected chi connectivity index (χ2v) is 14.4. The fourth-order valence-electron chi connectivity index (χ4n) is 6.26. The van der Waals surface area contributed by atoms with Gasteiger partial charge in [0.1, 0.15) is 0 Å². The summed E-state index contributed by atoms with van der Waals surface area (Å²) in [6.45, 7) is 2.30. The van der Waals surface area contributed by atoms with Crippen LogP contribution >= 0.6 is 7.14 Å². The maximum absolute atomic E-state index is 13.5. The Kier molecular flexibility index (Phi) is 14.8. The van der Waals surface area contributed by atoms with Crippen molar-refractivity contribution in [1.29, 1.82) is 0 Å². The van der Waals surface area contributed by atoms with Gasteiger partial charge in [-0.3, -0.25) is 0 Å². The quantitative estimate of drug-likeness (QED) is 0.145. The van der Waals surface area contributed by atoms with Gasteiger partial charge in [0.15, 0.2) is 0 Å². The van der Waals surface area contributed by atoms with Crippen molar-refractivity contribution >= 4 is 7.14 Å². The Bertz CT molecular complexity index is 420. The Balaban J connectivity index is 1.31. The van der Waals surface area contributed by atoms with Crippen molar-refractivity contribution in [2.75, 3.05) is 6.16 Å². The molecule has 0 aromatic carbocycles. The second-order valence-electron chi connectivity index (χ2n) is 10.8. The molecule has 30 heavy (non-hydrogen) atoms. The van der Waals surface area contributed by atoms with Crippen LogP contribution in [0.5, 0.6) is 0 Å². The Labute approximate surface area is 190 Å². The van der Waals surface area contributed by atoms with Gasteiger partial charge >= 0.3 is 0 Å². The molecular formula is C28H55OP. The van der Waals surface area contributed by atoms with Gasteiger partial charge < -0.3 is 4.57 Å². The predicted octanol–water partition coefficient (Wildman–Crippen LogP) is 10.5. The summed E-state index contributed by atoms with van der Waals surface area (Å²) in [4.78, 5) is 0. The molecule has 0 N–H and O–H groups in total. The fourth-order valence-corrected chi connectivity index (χ4v) is 10.8. The van der Waals surface area contributed by atoms with Crippen molar-refractivity contribution in [2.24, 2.45) is 0 Å². The van der Waals surface area contributed by atoms with E-state index < -0.39 is 7.14 Å². The minimum absolute atomic E-state index is 0.635. The van der Waals surface area contributed by atoms with Gasteiger partial charge in [0.2, 0.25) is 0 Å². The highest BCUT2D eigenvalue weighted by Gasteiger charge is 2.44. The zero-order chi connectivity index (χ0) is 21.3. The molecule has 178 valence electrons. The summed E-state index contributed by atoms with van der Waals surface area (Å²) in [5.74, 6) is 0. The minimum atomic E-state index is -1.82. The Hall–Kier alpha value is 0.230. The van der Waals surface area contributed by atoms with Crippen molar-refractivity contribution in [1.82, 2.24) is 0 Å². The summed E-state index contributed by atoms with van der Waals surface area (Å²) in [6.07, 6.45) is 34.7. The molecule has 2 aliphatic rings. The Morgan fingerprint density at radius 2 is 0.800 bits per heavy atom. The van der Waals surface area contributed by atoms with Crippen LogP contribution in [0.3, 0.4) is 0 Å². The third-order valence-electron chi connectivity index (χ3n) is 8.25. The van der Waals surface area contributed by atoms with E-state index in [9.17, 15) is 4.57 Å². The zero-order valence-electron chi connectivity index (χ0n) is 20.7. The van der Waals surface area contributed by atoms with Gasteiger partial charge in [-0.25, -0.2) is 0 Å². The molecule has 0 amide bonds. The monoisotopic (exact) mass is 438 g/mol. The number of fused-ring (bicyclic) bond motifs is 2. The van der Waals surface area contributed by atoms with Crippen LogP contribution in [0.1, 0.15) is 161 Å². The van der Waals surface area contributed by atoms with Crippen LogP contribution in [0, 0.1) is 0 Å². The number of unbranched alkanes of at least 4 members (excludes halogenated alkanes) is 17. The van der Waals surface area contributed by atoms with Crippen molar-refractivity contribution in [3.05, 3.63) is 0 Å². The molecule has 2 saturated heterocycles. The van der Waals surface area contributed by atoms with Crippen molar-refractivity contribution in [2.45, 2.75) is 172 Å². The van der Waals surface area contributed by atoms with Crippen molar-refractivity contribution < 1.29 is 4.57 Å². The van der Waals surface area contributed by atoms with Gasteiger partial charge in [-0.15, -0.1) is 0 Å². The molecule has 2 rings (SSSR count). The molecular weight excluding hydrogens is 383 g/mol. The zero-order valence-corrected chi connectivity index (χ0v) is 21.6. The SMILES string of the molecule is CCCCCCCCCCCCCCCCCCCCP1(=O)C2CCCC1CCC2. The molecule has 0 aromatic rings. The van der Waals surface area contributed by atoms with E-state index in [2.05, 4.69) is 6.92 Å². The lowest BCUT2D eigenvalue weighted by atomic mass is 9.99. The lowest BCUT2D eigenvalue weighted by Crippen LogP contribution is -2.30. The van der Waals surface area contributed by atoms with Gasteiger partial charge in [-0.2, -0.15) is 0 Å². The maximum atomic E-state index is 13.5. The largest absolute Gasteiger partial charge is 0.323 e. The summed E-state index contributed by atoms with van der Waals surface area (Å²) in [5, 5.41) is 0. The highest BCUT2D eigenvalue weighted by Crippen LogP contribution is 2.66. The minimum Gasteiger partial charge on any atom is -0.323 e. The average Bonchev–Trinajstić information content (AvgIpc) is 2.72. The normalized spacial score (nSPS) is 26.2. The van der Waals surface area contributed by atoms with Gasteiger partial charge in [-0.05, 0) is 32.1 Å². The van der Waals surface area contributed by atoms with Crippen LogP contribution in [-0.2, 0) is 4.57 Å². The summed E-state index contributed by atoms with van der Waals surface area (Å²) in [5.41, 5.74) is 1.27. The average molecular weight is 439 g/mol. The number of hydrogen-bond acceptors (Lipinski definition) is 1. The summed E-state index contributed by atoms with van der Waals surface area (Å²) >= 11 is 0. The first-order valence-corrected chi connectivity index (χ1v) is 16.4. The molecule has 1 nitrogen and oxygen atoms in total. The van der Waals surface area contributed by atoms with E-state index in [1.54, 1.807) is 0 Å². The molecule has 2 bridgehead atoms. The van der Waals surface area contributed by atoms with Crippen molar-refractivity contribution in [3.8, 4) is 0 Å². The first-order valence-electron chi connectivity index (χ1n) is 14.4. The van der Waals surface area contributed by atoms with Crippen LogP contribution in [0.15, 0.2) is 0 Å². The highest BCUT2D eigenvalue weighted by molar-refractivity contribution is 7.65. The molecule has 0 spiro atoms. The molecule has 0 atom stereocenters. The fraction of sp³-hybridized carbons (Fsp3) is 1.00. The summed E-state index contributed by atoms with van der Waals surface area (Å²) < 4.78 is 13.5. The molecule has 0 saturated carbocycles. The van der Waals surface area contributed by atoms with E-state index in [4.69, 9.17) is 0 Å². The molecule has 2 fully saturated rings. The van der Waals surface area contributed by atoms with Crippen LogP contribution in [0.4, 0.5) is 0 Å². The maximum Gasteiger partial charge on any atom is 0.0935 e. The predicted molar refractivity (Wildman–Crippen MR) is 137 cm³/mol. The van der Waals surface area contributed by atoms with Crippen LogP contribution < -0.4 is 0 Å². The van der Waals surface area contributed by atoms with Crippen LogP contribution in [0.2, 0.25) is 0 Å². The first kappa shape index (κ1) is 26.5. The topological polar surface area (TPSA) is 17.1 Å².